The Bertz CT molecular complexity index is 392. The van der Waals surface area contributed by atoms with Gasteiger partial charge in [-0.1, -0.05) is 12.8 Å². The van der Waals surface area contributed by atoms with Crippen LogP contribution in [0.25, 0.3) is 0 Å². The van der Waals surface area contributed by atoms with Gasteiger partial charge >= 0.3 is 5.97 Å². The van der Waals surface area contributed by atoms with Gasteiger partial charge in [0.25, 0.3) is 0 Å². The summed E-state index contributed by atoms with van der Waals surface area (Å²) in [6, 6.07) is 0. The van der Waals surface area contributed by atoms with Gasteiger partial charge in [-0.05, 0) is 12.8 Å². The molecule has 3 aliphatic heterocycles. The van der Waals surface area contributed by atoms with E-state index in [9.17, 15) is 4.79 Å². The molecular weight excluding hydrogens is 276 g/mol. The summed E-state index contributed by atoms with van der Waals surface area (Å²) in [7, 11) is 0. The van der Waals surface area contributed by atoms with Crippen molar-refractivity contribution in [3.63, 3.8) is 0 Å². The van der Waals surface area contributed by atoms with Crippen LogP contribution in [0.5, 0.6) is 0 Å². The third-order valence-electron chi connectivity index (χ3n) is 4.69. The van der Waals surface area contributed by atoms with E-state index in [1.54, 1.807) is 0 Å². The molecule has 21 heavy (non-hydrogen) atoms. The van der Waals surface area contributed by atoms with Crippen LogP contribution in [-0.4, -0.2) is 57.0 Å². The quantitative estimate of drug-likeness (QED) is 0.513. The van der Waals surface area contributed by atoms with Gasteiger partial charge in [-0.2, -0.15) is 0 Å². The number of hydrogen-bond donors (Lipinski definition) is 0. The average molecular weight is 298 g/mol. The summed E-state index contributed by atoms with van der Waals surface area (Å²) < 4.78 is 26.9. The lowest BCUT2D eigenvalue weighted by Crippen LogP contribution is -2.33. The highest BCUT2D eigenvalue weighted by Crippen LogP contribution is 2.43. The zero-order valence-electron chi connectivity index (χ0n) is 12.1. The van der Waals surface area contributed by atoms with Crippen LogP contribution in [0.4, 0.5) is 0 Å². The van der Waals surface area contributed by atoms with E-state index in [0.717, 1.165) is 32.3 Å². The molecule has 6 heteroatoms. The Morgan fingerprint density at radius 1 is 1.05 bits per heavy atom. The Morgan fingerprint density at radius 3 is 2.52 bits per heavy atom. The molecule has 0 spiro atoms. The maximum absolute atomic E-state index is 12.3. The van der Waals surface area contributed by atoms with Crippen LogP contribution in [0.2, 0.25) is 0 Å². The van der Waals surface area contributed by atoms with Crippen LogP contribution in [0.15, 0.2) is 0 Å². The Hall–Kier alpha value is -0.690. The lowest BCUT2D eigenvalue weighted by atomic mass is 9.77. The van der Waals surface area contributed by atoms with Crippen molar-refractivity contribution in [2.75, 3.05) is 26.4 Å². The van der Waals surface area contributed by atoms with E-state index in [1.165, 1.54) is 0 Å². The van der Waals surface area contributed by atoms with E-state index >= 15 is 0 Å². The monoisotopic (exact) mass is 298 g/mol. The van der Waals surface area contributed by atoms with Crippen molar-refractivity contribution in [2.24, 2.45) is 11.8 Å². The first-order chi connectivity index (χ1) is 10.3. The minimum absolute atomic E-state index is 0.0479. The maximum Gasteiger partial charge on any atom is 0.309 e. The summed E-state index contributed by atoms with van der Waals surface area (Å²) in [5, 5.41) is 0. The molecule has 1 saturated carbocycles. The Balaban J connectivity index is 1.27. The second kappa shape index (κ2) is 5.83. The molecule has 6 unspecified atom stereocenters. The van der Waals surface area contributed by atoms with Gasteiger partial charge in [0.05, 0.1) is 25.7 Å². The van der Waals surface area contributed by atoms with Crippen molar-refractivity contribution >= 4 is 5.97 Å². The molecule has 0 N–H and O–H groups in total. The number of rotatable bonds is 7. The van der Waals surface area contributed by atoms with Gasteiger partial charge in [0.15, 0.2) is 6.29 Å². The molecule has 118 valence electrons. The molecule has 4 aliphatic rings. The van der Waals surface area contributed by atoms with E-state index in [4.69, 9.17) is 23.7 Å². The predicted octanol–water partition coefficient (Wildman–Crippen LogP) is 0.875. The summed E-state index contributed by atoms with van der Waals surface area (Å²) in [6.45, 7) is 2.50. The Labute approximate surface area is 124 Å². The van der Waals surface area contributed by atoms with Crippen LogP contribution in [0.3, 0.4) is 0 Å². The first kappa shape index (κ1) is 13.9. The van der Waals surface area contributed by atoms with Gasteiger partial charge in [-0.25, -0.2) is 0 Å². The van der Waals surface area contributed by atoms with Crippen LogP contribution >= 0.6 is 0 Å². The minimum Gasteiger partial charge on any atom is -0.463 e. The van der Waals surface area contributed by atoms with Crippen molar-refractivity contribution in [1.82, 2.24) is 0 Å². The normalized spacial score (nSPS) is 44.2. The molecule has 4 rings (SSSR count). The van der Waals surface area contributed by atoms with Crippen molar-refractivity contribution in [3.05, 3.63) is 0 Å². The maximum atomic E-state index is 12.3. The second-order valence-electron chi connectivity index (χ2n) is 6.40. The van der Waals surface area contributed by atoms with Gasteiger partial charge in [0.2, 0.25) is 0 Å². The minimum atomic E-state index is -0.153. The number of hydrogen-bond acceptors (Lipinski definition) is 6. The van der Waals surface area contributed by atoms with E-state index in [0.29, 0.717) is 19.8 Å². The molecule has 3 saturated heterocycles. The van der Waals surface area contributed by atoms with E-state index in [1.807, 2.05) is 0 Å². The smallest absolute Gasteiger partial charge is 0.309 e. The molecular formula is C15H22O6. The molecule has 6 nitrogen and oxygen atoms in total. The molecule has 0 aromatic heterocycles. The van der Waals surface area contributed by atoms with E-state index in [2.05, 4.69) is 0 Å². The van der Waals surface area contributed by atoms with E-state index < -0.39 is 0 Å². The van der Waals surface area contributed by atoms with Gasteiger partial charge in [-0.15, -0.1) is 0 Å². The topological polar surface area (TPSA) is 73.1 Å². The van der Waals surface area contributed by atoms with Crippen LogP contribution < -0.4 is 0 Å². The van der Waals surface area contributed by atoms with Gasteiger partial charge < -0.3 is 23.7 Å². The highest BCUT2D eigenvalue weighted by molar-refractivity contribution is 5.73. The molecule has 4 fully saturated rings. The molecule has 0 aromatic rings. The van der Waals surface area contributed by atoms with Crippen LogP contribution in [0.1, 0.15) is 25.7 Å². The van der Waals surface area contributed by atoms with Crippen LogP contribution in [-0.2, 0) is 28.5 Å². The SMILES string of the molecule is O=C(OCC1CO1)C1CCCCC1C1OC1OCC1CO1. The number of carbonyl (C=O) groups excluding carboxylic acids is 1. The summed E-state index contributed by atoms with van der Waals surface area (Å²) in [6.07, 6.45) is 4.43. The third-order valence-corrected chi connectivity index (χ3v) is 4.69. The Morgan fingerprint density at radius 2 is 1.76 bits per heavy atom. The van der Waals surface area contributed by atoms with Gasteiger partial charge in [0, 0.05) is 5.92 Å². The molecule has 0 bridgehead atoms. The second-order valence-corrected chi connectivity index (χ2v) is 6.40. The average Bonchev–Trinajstić information content (AvgIpc) is 3.39. The molecule has 0 amide bonds. The van der Waals surface area contributed by atoms with Gasteiger partial charge in [0.1, 0.15) is 24.9 Å². The highest BCUT2D eigenvalue weighted by atomic mass is 16.8. The largest absolute Gasteiger partial charge is 0.463 e. The van der Waals surface area contributed by atoms with Gasteiger partial charge in [-0.3, -0.25) is 4.79 Å². The number of epoxide rings is 3. The van der Waals surface area contributed by atoms with Crippen molar-refractivity contribution < 1.29 is 28.5 Å². The first-order valence-corrected chi connectivity index (χ1v) is 7.98. The molecule has 0 aromatic carbocycles. The number of esters is 1. The molecule has 0 radical (unpaired) electrons. The highest BCUT2D eigenvalue weighted by Gasteiger charge is 2.51. The summed E-state index contributed by atoms with van der Waals surface area (Å²) in [5.74, 6) is 0.0970. The molecule has 3 heterocycles. The Kier molecular flexibility index (Phi) is 3.87. The third kappa shape index (κ3) is 3.56. The lowest BCUT2D eigenvalue weighted by Gasteiger charge is -2.28. The zero-order valence-corrected chi connectivity index (χ0v) is 12.1. The standard InChI is InChI=1S/C15H22O6/c16-14(19-7-9-5-17-9)12-4-2-1-3-11(12)13-15(21-13)20-8-10-6-18-10/h9-13,15H,1-8H2. The summed E-state index contributed by atoms with van der Waals surface area (Å²) >= 11 is 0. The molecule has 6 atom stereocenters. The lowest BCUT2D eigenvalue weighted by molar-refractivity contribution is -0.152. The zero-order chi connectivity index (χ0) is 14.2. The molecule has 1 aliphatic carbocycles. The first-order valence-electron chi connectivity index (χ1n) is 7.98. The van der Waals surface area contributed by atoms with Crippen LogP contribution in [0, 0.1) is 11.8 Å². The number of ether oxygens (including phenoxy) is 5. The summed E-state index contributed by atoms with van der Waals surface area (Å²) in [5.41, 5.74) is 0. The summed E-state index contributed by atoms with van der Waals surface area (Å²) in [4.78, 5) is 12.3. The van der Waals surface area contributed by atoms with Crippen molar-refractivity contribution in [3.8, 4) is 0 Å². The fraction of sp³-hybridized carbons (Fsp3) is 0.933. The predicted molar refractivity (Wildman–Crippen MR) is 70.5 cm³/mol. The van der Waals surface area contributed by atoms with Crippen molar-refractivity contribution in [2.45, 2.75) is 50.3 Å². The van der Waals surface area contributed by atoms with Crippen molar-refractivity contribution in [1.29, 1.82) is 0 Å². The fourth-order valence-electron chi connectivity index (χ4n) is 3.20. The van der Waals surface area contributed by atoms with E-state index in [-0.39, 0.29) is 42.4 Å². The number of carbonyl (C=O) groups is 1. The fourth-order valence-corrected chi connectivity index (χ4v) is 3.20.